The highest BCUT2D eigenvalue weighted by Crippen LogP contribution is 2.20. The van der Waals surface area contributed by atoms with Crippen molar-refractivity contribution in [1.29, 1.82) is 0 Å². The number of benzene rings is 2. The van der Waals surface area contributed by atoms with E-state index >= 15 is 0 Å². The van der Waals surface area contributed by atoms with Crippen molar-refractivity contribution in [2.45, 2.75) is 46.1 Å². The molecule has 0 fully saturated rings. The number of carbonyl (C=O) groups is 1. The molecule has 0 aliphatic heterocycles. The smallest absolute Gasteiger partial charge is 0.252 e. The SMILES string of the molecule is C#CCn1c(=NC(=O)Cc2ccc(OCC)cc2)sc2cc(CCCC)ccc21. The van der Waals surface area contributed by atoms with Gasteiger partial charge in [0.05, 0.1) is 29.8 Å². The van der Waals surface area contributed by atoms with E-state index in [2.05, 4.69) is 36.0 Å². The molecule has 0 spiro atoms. The maximum atomic E-state index is 12.6. The lowest BCUT2D eigenvalue weighted by molar-refractivity contribution is -0.117. The van der Waals surface area contributed by atoms with E-state index in [1.807, 2.05) is 35.8 Å². The second-order valence-electron chi connectivity index (χ2n) is 6.84. The van der Waals surface area contributed by atoms with Gasteiger partial charge >= 0.3 is 0 Å². The van der Waals surface area contributed by atoms with E-state index in [1.165, 1.54) is 29.7 Å². The van der Waals surface area contributed by atoms with Crippen LogP contribution in [-0.4, -0.2) is 17.1 Å². The zero-order chi connectivity index (χ0) is 20.6. The molecule has 1 heterocycles. The fraction of sp³-hybridized carbons (Fsp3) is 0.333. The maximum Gasteiger partial charge on any atom is 0.252 e. The van der Waals surface area contributed by atoms with Crippen LogP contribution in [0.5, 0.6) is 5.75 Å². The van der Waals surface area contributed by atoms with Crippen LogP contribution in [0.3, 0.4) is 0 Å². The van der Waals surface area contributed by atoms with Gasteiger partial charge in [-0.25, -0.2) is 0 Å². The molecule has 0 N–H and O–H groups in total. The lowest BCUT2D eigenvalue weighted by atomic mass is 10.1. The Morgan fingerprint density at radius 1 is 1.17 bits per heavy atom. The van der Waals surface area contributed by atoms with E-state index in [1.54, 1.807) is 0 Å². The summed E-state index contributed by atoms with van der Waals surface area (Å²) >= 11 is 1.52. The van der Waals surface area contributed by atoms with Crippen LogP contribution in [0.2, 0.25) is 0 Å². The Morgan fingerprint density at radius 3 is 2.62 bits per heavy atom. The third kappa shape index (κ3) is 5.36. The van der Waals surface area contributed by atoms with Gasteiger partial charge in [0.2, 0.25) is 0 Å². The van der Waals surface area contributed by atoms with Gasteiger partial charge in [-0.3, -0.25) is 4.79 Å². The van der Waals surface area contributed by atoms with E-state index in [0.717, 1.165) is 28.0 Å². The molecule has 2 aromatic carbocycles. The summed E-state index contributed by atoms with van der Waals surface area (Å²) in [6.07, 6.45) is 9.20. The second kappa shape index (κ2) is 10.1. The number of rotatable bonds is 8. The maximum absolute atomic E-state index is 12.6. The van der Waals surface area contributed by atoms with Gasteiger partial charge in [0.15, 0.2) is 4.80 Å². The van der Waals surface area contributed by atoms with Crippen LogP contribution >= 0.6 is 11.3 Å². The number of fused-ring (bicyclic) bond motifs is 1. The Morgan fingerprint density at radius 2 is 1.93 bits per heavy atom. The number of amides is 1. The molecule has 0 radical (unpaired) electrons. The molecule has 0 saturated carbocycles. The van der Waals surface area contributed by atoms with E-state index < -0.39 is 0 Å². The van der Waals surface area contributed by atoms with Crippen molar-refractivity contribution in [3.05, 3.63) is 58.4 Å². The van der Waals surface area contributed by atoms with Crippen molar-refractivity contribution >= 4 is 27.5 Å². The second-order valence-corrected chi connectivity index (χ2v) is 7.85. The summed E-state index contributed by atoms with van der Waals surface area (Å²) in [7, 11) is 0. The van der Waals surface area contributed by atoms with Gasteiger partial charge in [-0.2, -0.15) is 4.99 Å². The summed E-state index contributed by atoms with van der Waals surface area (Å²) in [5.41, 5.74) is 3.25. The van der Waals surface area contributed by atoms with Crippen LogP contribution in [-0.2, 0) is 24.2 Å². The monoisotopic (exact) mass is 406 g/mol. The Bertz CT molecular complexity index is 1080. The molecule has 1 amide bonds. The van der Waals surface area contributed by atoms with Crippen LogP contribution in [0.15, 0.2) is 47.5 Å². The molecule has 1 aromatic heterocycles. The standard InChI is InChI=1S/C24H26N2O2S/c1-4-7-8-18-11-14-21-22(16-18)29-24(26(21)15-5-2)25-23(27)17-19-9-12-20(13-10-19)28-6-3/h2,9-14,16H,4,6-8,15,17H2,1,3H3. The van der Waals surface area contributed by atoms with Crippen molar-refractivity contribution in [2.75, 3.05) is 6.61 Å². The average Bonchev–Trinajstić information content (AvgIpc) is 3.04. The number of carbonyl (C=O) groups excluding carboxylic acids is 1. The number of terminal acetylenes is 1. The van der Waals surface area contributed by atoms with Crippen LogP contribution in [0.25, 0.3) is 10.2 Å². The molecule has 0 bridgehead atoms. The molecule has 0 unspecified atom stereocenters. The summed E-state index contributed by atoms with van der Waals surface area (Å²) in [6, 6.07) is 14.0. The highest BCUT2D eigenvalue weighted by atomic mass is 32.1. The first-order valence-corrected chi connectivity index (χ1v) is 10.8. The van der Waals surface area contributed by atoms with Crippen LogP contribution in [0, 0.1) is 12.3 Å². The average molecular weight is 407 g/mol. The molecule has 0 aliphatic rings. The van der Waals surface area contributed by atoms with Gasteiger partial charge < -0.3 is 9.30 Å². The minimum Gasteiger partial charge on any atom is -0.494 e. The van der Waals surface area contributed by atoms with E-state index in [-0.39, 0.29) is 12.3 Å². The number of thiazole rings is 1. The predicted molar refractivity (Wildman–Crippen MR) is 119 cm³/mol. The lowest BCUT2D eigenvalue weighted by Gasteiger charge is -2.04. The Balaban J connectivity index is 1.87. The number of aryl methyl sites for hydroxylation is 1. The molecular formula is C24H26N2O2S. The molecule has 29 heavy (non-hydrogen) atoms. The highest BCUT2D eigenvalue weighted by molar-refractivity contribution is 7.16. The van der Waals surface area contributed by atoms with E-state index in [9.17, 15) is 4.79 Å². The summed E-state index contributed by atoms with van der Waals surface area (Å²) in [6.45, 7) is 5.15. The predicted octanol–water partition coefficient (Wildman–Crippen LogP) is 4.75. The third-order valence-corrected chi connectivity index (χ3v) is 5.67. The summed E-state index contributed by atoms with van der Waals surface area (Å²) < 4.78 is 8.50. The Labute approximate surface area is 175 Å². The minimum absolute atomic E-state index is 0.183. The molecule has 0 atom stereocenters. The molecule has 0 saturated heterocycles. The van der Waals surface area contributed by atoms with Gasteiger partial charge in [0.25, 0.3) is 5.91 Å². The van der Waals surface area contributed by atoms with Crippen molar-refractivity contribution in [3.63, 3.8) is 0 Å². The minimum atomic E-state index is -0.183. The zero-order valence-corrected chi connectivity index (χ0v) is 17.8. The summed E-state index contributed by atoms with van der Waals surface area (Å²) in [5.74, 6) is 3.30. The van der Waals surface area contributed by atoms with Crippen molar-refractivity contribution in [1.82, 2.24) is 4.57 Å². The first-order chi connectivity index (χ1) is 14.1. The Hall–Kier alpha value is -2.84. The molecule has 5 heteroatoms. The normalized spacial score (nSPS) is 11.6. The fourth-order valence-corrected chi connectivity index (χ4v) is 4.28. The lowest BCUT2D eigenvalue weighted by Crippen LogP contribution is -2.17. The van der Waals surface area contributed by atoms with Gasteiger partial charge in [-0.1, -0.05) is 48.8 Å². The van der Waals surface area contributed by atoms with Gasteiger partial charge in [-0.05, 0) is 55.2 Å². The first-order valence-electron chi connectivity index (χ1n) is 9.99. The van der Waals surface area contributed by atoms with Gasteiger partial charge in [0, 0.05) is 0 Å². The number of unbranched alkanes of at least 4 members (excludes halogenated alkanes) is 1. The number of ether oxygens (including phenoxy) is 1. The van der Waals surface area contributed by atoms with E-state index in [0.29, 0.717) is 18.0 Å². The number of nitrogens with zero attached hydrogens (tertiary/aromatic N) is 2. The highest BCUT2D eigenvalue weighted by Gasteiger charge is 2.09. The van der Waals surface area contributed by atoms with Crippen molar-refractivity contribution in [2.24, 2.45) is 4.99 Å². The molecular weight excluding hydrogens is 380 g/mol. The van der Waals surface area contributed by atoms with E-state index in [4.69, 9.17) is 11.2 Å². The molecule has 3 aromatic rings. The summed E-state index contributed by atoms with van der Waals surface area (Å²) in [5, 5.41) is 0. The summed E-state index contributed by atoms with van der Waals surface area (Å²) in [4.78, 5) is 17.6. The van der Waals surface area contributed by atoms with Crippen LogP contribution < -0.4 is 9.54 Å². The molecule has 4 nitrogen and oxygen atoms in total. The largest absolute Gasteiger partial charge is 0.494 e. The number of hydrogen-bond acceptors (Lipinski definition) is 3. The zero-order valence-electron chi connectivity index (χ0n) is 17.0. The Kier molecular flexibility index (Phi) is 7.26. The molecule has 3 rings (SSSR count). The topological polar surface area (TPSA) is 43.6 Å². The molecule has 0 aliphatic carbocycles. The van der Waals surface area contributed by atoms with Crippen LogP contribution in [0.4, 0.5) is 0 Å². The van der Waals surface area contributed by atoms with Crippen molar-refractivity contribution < 1.29 is 9.53 Å². The first kappa shape index (κ1) is 20.9. The van der Waals surface area contributed by atoms with Crippen LogP contribution in [0.1, 0.15) is 37.8 Å². The third-order valence-electron chi connectivity index (χ3n) is 4.63. The number of aromatic nitrogens is 1. The number of hydrogen-bond donors (Lipinski definition) is 0. The van der Waals surface area contributed by atoms with Gasteiger partial charge in [0.1, 0.15) is 5.75 Å². The quantitative estimate of drug-likeness (QED) is 0.507. The van der Waals surface area contributed by atoms with Crippen molar-refractivity contribution in [3.8, 4) is 18.1 Å². The fourth-order valence-electron chi connectivity index (χ4n) is 3.17. The van der Waals surface area contributed by atoms with Gasteiger partial charge in [-0.15, -0.1) is 6.42 Å². The molecule has 150 valence electrons.